The molecule has 1 amide bonds. The molecule has 38 heavy (non-hydrogen) atoms. The highest BCUT2D eigenvalue weighted by molar-refractivity contribution is 5.92. The van der Waals surface area contributed by atoms with E-state index in [1.54, 1.807) is 25.4 Å². The number of aliphatic hydroxyl groups excluding tert-OH is 1. The van der Waals surface area contributed by atoms with Crippen molar-refractivity contribution in [2.75, 3.05) is 19.0 Å². The van der Waals surface area contributed by atoms with Crippen molar-refractivity contribution in [3.05, 3.63) is 70.4 Å². The van der Waals surface area contributed by atoms with Gasteiger partial charge in [-0.05, 0) is 55.2 Å². The summed E-state index contributed by atoms with van der Waals surface area (Å²) < 4.78 is 5.21. The van der Waals surface area contributed by atoms with Crippen LogP contribution in [0.5, 0.6) is 5.75 Å². The molecule has 0 bridgehead atoms. The first kappa shape index (κ1) is 30.7. The summed E-state index contributed by atoms with van der Waals surface area (Å²) in [4.78, 5) is 26.4. The highest BCUT2D eigenvalue weighted by Crippen LogP contribution is 2.28. The summed E-state index contributed by atoms with van der Waals surface area (Å²) in [5, 5.41) is 27.7. The number of hydrogen-bond acceptors (Lipinski definition) is 7. The number of nitro groups is 1. The zero-order chi connectivity index (χ0) is 27.9. The molecule has 9 heteroatoms. The number of nitro benzene ring substituents is 1. The van der Waals surface area contributed by atoms with Gasteiger partial charge >= 0.3 is 0 Å². The number of aromatic nitrogens is 1. The number of anilines is 1. The van der Waals surface area contributed by atoms with E-state index in [-0.39, 0.29) is 18.1 Å². The van der Waals surface area contributed by atoms with Crippen molar-refractivity contribution in [3.63, 3.8) is 0 Å². The summed E-state index contributed by atoms with van der Waals surface area (Å²) in [7, 11) is 1.64. The summed E-state index contributed by atoms with van der Waals surface area (Å²) >= 11 is 0. The molecular weight excluding hydrogens is 484 g/mol. The normalized spacial score (nSPS) is 11.5. The maximum absolute atomic E-state index is 11.9. The number of rotatable bonds is 13. The number of methoxy groups -OCH3 is 1. The Morgan fingerprint density at radius 1 is 1.05 bits per heavy atom. The molecule has 1 atom stereocenters. The van der Waals surface area contributed by atoms with Crippen LogP contribution in [0.1, 0.15) is 71.0 Å². The fourth-order valence-electron chi connectivity index (χ4n) is 4.18. The molecule has 3 N–H and O–H groups in total. The van der Waals surface area contributed by atoms with Crippen molar-refractivity contribution >= 4 is 28.2 Å². The second-order valence-corrected chi connectivity index (χ2v) is 9.10. The van der Waals surface area contributed by atoms with Crippen LogP contribution in [-0.2, 0) is 4.79 Å². The maximum atomic E-state index is 11.9. The van der Waals surface area contributed by atoms with Gasteiger partial charge in [-0.2, -0.15) is 0 Å². The number of nitrogens with zero attached hydrogens (tertiary/aromatic N) is 2. The molecule has 0 spiro atoms. The molecule has 0 radical (unpaired) electrons. The minimum atomic E-state index is -0.480. The summed E-state index contributed by atoms with van der Waals surface area (Å²) in [6.45, 7) is 6.52. The van der Waals surface area contributed by atoms with Gasteiger partial charge in [0, 0.05) is 35.4 Å². The molecular formula is C29H40N4O5. The van der Waals surface area contributed by atoms with Crippen molar-refractivity contribution in [1.29, 1.82) is 0 Å². The Morgan fingerprint density at radius 3 is 2.39 bits per heavy atom. The van der Waals surface area contributed by atoms with E-state index < -0.39 is 11.0 Å². The first-order valence-corrected chi connectivity index (χ1v) is 13.2. The highest BCUT2D eigenvalue weighted by atomic mass is 16.6. The van der Waals surface area contributed by atoms with Crippen LogP contribution in [0.3, 0.4) is 0 Å². The molecule has 0 aliphatic heterocycles. The summed E-state index contributed by atoms with van der Waals surface area (Å²) in [5.74, 6) is 0.600. The van der Waals surface area contributed by atoms with Crippen LogP contribution in [0.4, 0.5) is 11.4 Å². The largest absolute Gasteiger partial charge is 0.497 e. The third kappa shape index (κ3) is 9.72. The van der Waals surface area contributed by atoms with Gasteiger partial charge in [-0.25, -0.2) is 0 Å². The Bertz CT molecular complexity index is 1160. The Balaban J connectivity index is 0.000000272. The third-order valence-electron chi connectivity index (χ3n) is 6.07. The average Bonchev–Trinajstić information content (AvgIpc) is 2.92. The number of non-ortho nitro benzene ring substituents is 1. The molecule has 1 unspecified atom stereocenters. The highest BCUT2D eigenvalue weighted by Gasteiger charge is 2.12. The maximum Gasteiger partial charge on any atom is 0.271 e. The van der Waals surface area contributed by atoms with Crippen LogP contribution in [0.15, 0.2) is 54.7 Å². The van der Waals surface area contributed by atoms with Gasteiger partial charge in [-0.1, -0.05) is 46.1 Å². The Labute approximate surface area is 224 Å². The first-order chi connectivity index (χ1) is 18.3. The number of nitrogens with one attached hydrogen (secondary N) is 2. The number of benzene rings is 2. The molecule has 3 aromatic rings. The quantitative estimate of drug-likeness (QED) is 0.180. The van der Waals surface area contributed by atoms with E-state index >= 15 is 0 Å². The molecule has 206 valence electrons. The minimum absolute atomic E-state index is 0.0319. The topological polar surface area (TPSA) is 127 Å². The summed E-state index contributed by atoms with van der Waals surface area (Å²) in [5.41, 5.74) is 2.23. The Kier molecular flexibility index (Phi) is 13.2. The van der Waals surface area contributed by atoms with Gasteiger partial charge in [0.05, 0.1) is 30.2 Å². The van der Waals surface area contributed by atoms with Crippen LogP contribution in [0.25, 0.3) is 10.9 Å². The van der Waals surface area contributed by atoms with Crippen molar-refractivity contribution < 1.29 is 19.6 Å². The molecule has 0 saturated heterocycles. The Hall–Kier alpha value is -3.56. The average molecular weight is 525 g/mol. The van der Waals surface area contributed by atoms with Crippen molar-refractivity contribution in [3.8, 4) is 5.75 Å². The molecule has 3 rings (SSSR count). The van der Waals surface area contributed by atoms with Crippen molar-refractivity contribution in [1.82, 2.24) is 10.3 Å². The predicted molar refractivity (Wildman–Crippen MR) is 151 cm³/mol. The van der Waals surface area contributed by atoms with Gasteiger partial charge in [0.2, 0.25) is 5.91 Å². The zero-order valence-electron chi connectivity index (χ0n) is 22.8. The van der Waals surface area contributed by atoms with Gasteiger partial charge < -0.3 is 20.5 Å². The Morgan fingerprint density at radius 2 is 1.76 bits per heavy atom. The zero-order valence-corrected chi connectivity index (χ0v) is 22.8. The smallest absolute Gasteiger partial charge is 0.271 e. The SMILES string of the molecule is CCCC(CCC)NCC(=O)Nc1cccc([N+](=O)[O-])c1.CCCC(O)c1ccnc2ccc(OC)cc12. The number of pyridine rings is 1. The van der Waals surface area contributed by atoms with E-state index in [9.17, 15) is 20.0 Å². The van der Waals surface area contributed by atoms with Gasteiger partial charge in [-0.3, -0.25) is 19.9 Å². The lowest BCUT2D eigenvalue weighted by atomic mass is 10.0. The molecule has 0 fully saturated rings. The number of hydrogen-bond donors (Lipinski definition) is 3. The number of fused-ring (bicyclic) bond motifs is 1. The molecule has 0 saturated carbocycles. The predicted octanol–water partition coefficient (Wildman–Crippen LogP) is 6.17. The number of aliphatic hydroxyl groups is 1. The lowest BCUT2D eigenvalue weighted by Gasteiger charge is -2.17. The van der Waals surface area contributed by atoms with Crippen LogP contribution in [-0.4, -0.2) is 40.6 Å². The summed E-state index contributed by atoms with van der Waals surface area (Å²) in [6.07, 6.45) is 7.25. The molecule has 1 heterocycles. The lowest BCUT2D eigenvalue weighted by molar-refractivity contribution is -0.384. The van der Waals surface area contributed by atoms with Gasteiger partial charge in [0.15, 0.2) is 0 Å². The van der Waals surface area contributed by atoms with Crippen LogP contribution >= 0.6 is 0 Å². The van der Waals surface area contributed by atoms with Gasteiger partial charge in [0.25, 0.3) is 5.69 Å². The first-order valence-electron chi connectivity index (χ1n) is 13.2. The van der Waals surface area contributed by atoms with Crippen LogP contribution < -0.4 is 15.4 Å². The fourth-order valence-corrected chi connectivity index (χ4v) is 4.18. The fraction of sp³-hybridized carbons (Fsp3) is 0.448. The molecule has 2 aromatic carbocycles. The van der Waals surface area contributed by atoms with Gasteiger partial charge in [0.1, 0.15) is 5.75 Å². The minimum Gasteiger partial charge on any atom is -0.497 e. The standard InChI is InChI=1S/C15H23N3O3.C14H17NO2/c1-3-6-12(7-4-2)16-11-15(19)17-13-8-5-9-14(10-13)18(20)21;1-3-4-14(16)11-7-8-15-13-6-5-10(17-2)9-12(11)13/h5,8-10,12,16H,3-4,6-7,11H2,1-2H3,(H,17,19);5-9,14,16H,3-4H2,1-2H3. The lowest BCUT2D eigenvalue weighted by Crippen LogP contribution is -2.36. The van der Waals surface area contributed by atoms with Crippen molar-refractivity contribution in [2.45, 2.75) is 71.4 Å². The van der Waals surface area contributed by atoms with E-state index in [0.717, 1.165) is 60.7 Å². The second kappa shape index (κ2) is 16.3. The number of carbonyl (C=O) groups excluding carboxylic acids is 1. The third-order valence-corrected chi connectivity index (χ3v) is 6.07. The van der Waals surface area contributed by atoms with Crippen molar-refractivity contribution in [2.24, 2.45) is 0 Å². The van der Waals surface area contributed by atoms with Gasteiger partial charge in [-0.15, -0.1) is 0 Å². The van der Waals surface area contributed by atoms with Crippen LogP contribution in [0, 0.1) is 10.1 Å². The number of ether oxygens (including phenoxy) is 1. The number of carbonyl (C=O) groups is 1. The summed E-state index contributed by atoms with van der Waals surface area (Å²) in [6, 6.07) is 13.9. The molecule has 9 nitrogen and oxygen atoms in total. The number of amides is 1. The van der Waals surface area contributed by atoms with E-state index in [2.05, 4.69) is 36.4 Å². The molecule has 0 aliphatic rings. The van der Waals surface area contributed by atoms with E-state index in [1.807, 2.05) is 24.3 Å². The second-order valence-electron chi connectivity index (χ2n) is 9.10. The molecule has 1 aromatic heterocycles. The monoisotopic (exact) mass is 524 g/mol. The van der Waals surface area contributed by atoms with E-state index in [1.165, 1.54) is 12.1 Å². The van der Waals surface area contributed by atoms with E-state index in [0.29, 0.717) is 11.7 Å². The van der Waals surface area contributed by atoms with E-state index in [4.69, 9.17) is 4.74 Å². The van der Waals surface area contributed by atoms with Crippen LogP contribution in [0.2, 0.25) is 0 Å². The molecule has 0 aliphatic carbocycles.